The molecule has 174 valence electrons. The molecule has 0 aliphatic carbocycles. The van der Waals surface area contributed by atoms with Gasteiger partial charge in [-0.3, -0.25) is 18.8 Å². The molecular formula is C25H27N7O2. The Morgan fingerprint density at radius 2 is 1.91 bits per heavy atom. The number of benzene rings is 1. The number of hydrogen-bond acceptors (Lipinski definition) is 6. The number of nitrogens with two attached hydrogens (primary N) is 1. The van der Waals surface area contributed by atoms with Gasteiger partial charge in [0.15, 0.2) is 0 Å². The Bertz CT molecular complexity index is 1610. The van der Waals surface area contributed by atoms with Crippen molar-refractivity contribution in [3.8, 4) is 16.8 Å². The van der Waals surface area contributed by atoms with E-state index in [1.165, 1.54) is 0 Å². The van der Waals surface area contributed by atoms with Crippen molar-refractivity contribution in [2.75, 3.05) is 12.8 Å². The highest BCUT2D eigenvalue weighted by Gasteiger charge is 2.20. The van der Waals surface area contributed by atoms with E-state index in [1.807, 2.05) is 42.1 Å². The summed E-state index contributed by atoms with van der Waals surface area (Å²) in [6.07, 6.45) is 5.43. The summed E-state index contributed by atoms with van der Waals surface area (Å²) in [4.78, 5) is 22.4. The second kappa shape index (κ2) is 8.11. The van der Waals surface area contributed by atoms with Crippen LogP contribution in [0, 0.1) is 6.92 Å². The second-order valence-electron chi connectivity index (χ2n) is 8.78. The number of fused-ring (bicyclic) bond motifs is 3. The van der Waals surface area contributed by atoms with Crippen molar-refractivity contribution in [1.82, 2.24) is 28.9 Å². The topological polar surface area (TPSA) is 106 Å². The van der Waals surface area contributed by atoms with Crippen LogP contribution in [0.3, 0.4) is 0 Å². The SMILES string of the molecule is COCc1cc(-c2ccc3ncc4c(c3c2)n(-c2cn(C(C)C)nc2C)c(=O)n4C)cnc1N. The predicted molar refractivity (Wildman–Crippen MR) is 133 cm³/mol. The third kappa shape index (κ3) is 3.36. The highest BCUT2D eigenvalue weighted by molar-refractivity contribution is 6.04. The average Bonchev–Trinajstić information content (AvgIpc) is 3.32. The molecule has 0 aliphatic rings. The molecule has 0 unspecified atom stereocenters. The Labute approximate surface area is 196 Å². The largest absolute Gasteiger partial charge is 0.383 e. The van der Waals surface area contributed by atoms with Gasteiger partial charge in [0.1, 0.15) is 5.82 Å². The quantitative estimate of drug-likeness (QED) is 0.431. The zero-order chi connectivity index (χ0) is 24.1. The number of nitrogens with zero attached hydrogens (tertiary/aromatic N) is 6. The summed E-state index contributed by atoms with van der Waals surface area (Å²) in [5.41, 5.74) is 12.4. The lowest BCUT2D eigenvalue weighted by Gasteiger charge is -2.10. The molecule has 2 N–H and O–H groups in total. The first kappa shape index (κ1) is 21.8. The van der Waals surface area contributed by atoms with Crippen LogP contribution in [0.15, 0.2) is 47.7 Å². The average molecular weight is 458 g/mol. The summed E-state index contributed by atoms with van der Waals surface area (Å²) >= 11 is 0. The highest BCUT2D eigenvalue weighted by Crippen LogP contribution is 2.31. The number of anilines is 1. The molecule has 34 heavy (non-hydrogen) atoms. The van der Waals surface area contributed by atoms with E-state index in [0.29, 0.717) is 12.4 Å². The minimum Gasteiger partial charge on any atom is -0.383 e. The Kier molecular flexibility index (Phi) is 5.21. The Balaban J connectivity index is 1.80. The number of aromatic nitrogens is 6. The number of ether oxygens (including phenoxy) is 1. The first-order chi connectivity index (χ1) is 16.3. The van der Waals surface area contributed by atoms with Crippen LogP contribution in [0.1, 0.15) is 31.1 Å². The summed E-state index contributed by atoms with van der Waals surface area (Å²) in [5.74, 6) is 0.449. The molecule has 0 spiro atoms. The molecule has 0 fully saturated rings. The van der Waals surface area contributed by atoms with Crippen molar-refractivity contribution < 1.29 is 4.74 Å². The molecule has 1 aromatic carbocycles. The lowest BCUT2D eigenvalue weighted by molar-refractivity contribution is 0.185. The zero-order valence-corrected chi connectivity index (χ0v) is 19.9. The number of imidazole rings is 1. The minimum atomic E-state index is -0.141. The maximum atomic E-state index is 13.4. The van der Waals surface area contributed by atoms with Gasteiger partial charge in [-0.15, -0.1) is 0 Å². The number of hydrogen-bond donors (Lipinski definition) is 1. The Morgan fingerprint density at radius 3 is 2.62 bits per heavy atom. The molecule has 0 atom stereocenters. The van der Waals surface area contributed by atoms with Crippen LogP contribution in [-0.4, -0.2) is 36.0 Å². The van der Waals surface area contributed by atoms with Crippen molar-refractivity contribution in [2.24, 2.45) is 7.05 Å². The first-order valence-corrected chi connectivity index (χ1v) is 11.1. The molecular weight excluding hydrogens is 430 g/mol. The van der Waals surface area contributed by atoms with Crippen molar-refractivity contribution >= 4 is 27.8 Å². The molecule has 9 nitrogen and oxygen atoms in total. The molecule has 0 saturated heterocycles. The van der Waals surface area contributed by atoms with Crippen molar-refractivity contribution in [3.63, 3.8) is 0 Å². The molecule has 0 amide bonds. The van der Waals surface area contributed by atoms with Gasteiger partial charge in [0.2, 0.25) is 0 Å². The fourth-order valence-corrected chi connectivity index (χ4v) is 4.31. The first-order valence-electron chi connectivity index (χ1n) is 11.1. The summed E-state index contributed by atoms with van der Waals surface area (Å²) < 4.78 is 10.5. The van der Waals surface area contributed by atoms with Gasteiger partial charge in [-0.1, -0.05) is 6.07 Å². The smallest absolute Gasteiger partial charge is 0.333 e. The standard InChI is InChI=1S/C25H27N7O2/c1-14(2)31-12-22(15(3)29-31)32-23-19-9-16(17-8-18(13-34-5)24(26)28-10-17)6-7-20(19)27-11-21(23)30(4)25(32)33/h6-12,14H,13H2,1-5H3,(H2,26,28). The van der Waals surface area contributed by atoms with Gasteiger partial charge in [0, 0.05) is 49.1 Å². The zero-order valence-electron chi connectivity index (χ0n) is 19.9. The Hall–Kier alpha value is -3.98. The van der Waals surface area contributed by atoms with Crippen LogP contribution in [0.25, 0.3) is 38.8 Å². The van der Waals surface area contributed by atoms with E-state index in [9.17, 15) is 4.79 Å². The molecule has 4 aromatic heterocycles. The molecule has 4 heterocycles. The van der Waals surface area contributed by atoms with E-state index in [0.717, 1.165) is 50.0 Å². The molecule has 0 radical (unpaired) electrons. The van der Waals surface area contributed by atoms with E-state index in [1.54, 1.807) is 35.7 Å². The van der Waals surface area contributed by atoms with Crippen molar-refractivity contribution in [2.45, 2.75) is 33.4 Å². The molecule has 0 aliphatic heterocycles. The number of rotatable bonds is 5. The molecule has 5 aromatic rings. The third-order valence-corrected chi connectivity index (χ3v) is 6.18. The Morgan fingerprint density at radius 1 is 1.12 bits per heavy atom. The summed E-state index contributed by atoms with van der Waals surface area (Å²) in [6.45, 7) is 6.42. The van der Waals surface area contributed by atoms with Crippen LogP contribution in [-0.2, 0) is 18.4 Å². The number of aryl methyl sites for hydroxylation is 2. The van der Waals surface area contributed by atoms with Gasteiger partial charge < -0.3 is 10.5 Å². The van der Waals surface area contributed by atoms with Crippen LogP contribution in [0.5, 0.6) is 0 Å². The van der Waals surface area contributed by atoms with E-state index >= 15 is 0 Å². The van der Waals surface area contributed by atoms with E-state index in [-0.39, 0.29) is 11.7 Å². The summed E-state index contributed by atoms with van der Waals surface area (Å²) in [7, 11) is 3.39. The monoisotopic (exact) mass is 457 g/mol. The second-order valence-corrected chi connectivity index (χ2v) is 8.78. The van der Waals surface area contributed by atoms with Crippen LogP contribution in [0.4, 0.5) is 5.82 Å². The van der Waals surface area contributed by atoms with Crippen molar-refractivity contribution in [1.29, 1.82) is 0 Å². The molecule has 0 saturated carbocycles. The maximum Gasteiger partial charge on any atom is 0.333 e. The molecule has 5 rings (SSSR count). The van der Waals surface area contributed by atoms with Gasteiger partial charge in [-0.2, -0.15) is 5.10 Å². The molecule has 0 bridgehead atoms. The lowest BCUT2D eigenvalue weighted by Crippen LogP contribution is -2.21. The van der Waals surface area contributed by atoms with Gasteiger partial charge in [-0.25, -0.2) is 9.78 Å². The lowest BCUT2D eigenvalue weighted by atomic mass is 10.0. The van der Waals surface area contributed by atoms with Gasteiger partial charge in [0.05, 0.1) is 40.7 Å². The van der Waals surface area contributed by atoms with Crippen LogP contribution >= 0.6 is 0 Å². The third-order valence-electron chi connectivity index (χ3n) is 6.18. The maximum absolute atomic E-state index is 13.4. The highest BCUT2D eigenvalue weighted by atomic mass is 16.5. The summed E-state index contributed by atoms with van der Waals surface area (Å²) in [6, 6.07) is 8.17. The van der Waals surface area contributed by atoms with Gasteiger partial charge >= 0.3 is 5.69 Å². The summed E-state index contributed by atoms with van der Waals surface area (Å²) in [5, 5.41) is 5.49. The van der Waals surface area contributed by atoms with Crippen molar-refractivity contribution in [3.05, 3.63) is 64.6 Å². The van der Waals surface area contributed by atoms with E-state index < -0.39 is 0 Å². The van der Waals surface area contributed by atoms with Gasteiger partial charge in [0.25, 0.3) is 0 Å². The van der Waals surface area contributed by atoms with Crippen LogP contribution in [0.2, 0.25) is 0 Å². The fourth-order valence-electron chi connectivity index (χ4n) is 4.31. The fraction of sp³-hybridized carbons (Fsp3) is 0.280. The number of pyridine rings is 2. The van der Waals surface area contributed by atoms with Gasteiger partial charge in [-0.05, 0) is 44.5 Å². The normalized spacial score (nSPS) is 11.8. The van der Waals surface area contributed by atoms with Crippen LogP contribution < -0.4 is 11.4 Å². The minimum absolute atomic E-state index is 0.141. The predicted octanol–water partition coefficient (Wildman–Crippen LogP) is 3.75. The van der Waals surface area contributed by atoms with E-state index in [4.69, 9.17) is 10.5 Å². The number of methoxy groups -OCH3 is 1. The molecule has 9 heteroatoms. The van der Waals surface area contributed by atoms with E-state index in [2.05, 4.69) is 28.9 Å². The number of nitrogen functional groups attached to an aromatic ring is 1.